The minimum Gasteiger partial charge on any atom is -0.486 e. The van der Waals surface area contributed by atoms with Gasteiger partial charge in [-0.1, -0.05) is 22.9 Å². The van der Waals surface area contributed by atoms with Crippen molar-refractivity contribution >= 4 is 23.7 Å². The monoisotopic (exact) mass is 421 g/mol. The highest BCUT2D eigenvalue weighted by Crippen LogP contribution is 2.20. The Hall–Kier alpha value is -2.00. The lowest BCUT2D eigenvalue weighted by atomic mass is 10.2. The van der Waals surface area contributed by atoms with Gasteiger partial charge < -0.3 is 14.6 Å². The van der Waals surface area contributed by atoms with Gasteiger partial charge in [-0.15, -0.1) is 23.7 Å². The molecule has 0 spiro atoms. The SMILES string of the molecule is Cc1ccc(OCc2nc(Cc3nc(C4CNCCN4C)no3)cs2)cc1.Cl. The van der Waals surface area contributed by atoms with E-state index >= 15 is 0 Å². The van der Waals surface area contributed by atoms with E-state index in [0.717, 1.165) is 41.9 Å². The molecule has 3 aromatic rings. The topological polar surface area (TPSA) is 76.3 Å². The second-order valence-corrected chi connectivity index (χ2v) is 7.70. The minimum absolute atomic E-state index is 0. The number of piperazine rings is 1. The number of halogens is 1. The summed E-state index contributed by atoms with van der Waals surface area (Å²) in [5.41, 5.74) is 2.14. The molecule has 4 rings (SSSR count). The molecule has 1 aliphatic heterocycles. The fourth-order valence-corrected chi connectivity index (χ4v) is 3.71. The molecule has 0 bridgehead atoms. The maximum atomic E-state index is 5.79. The summed E-state index contributed by atoms with van der Waals surface area (Å²) in [5, 5.41) is 10.5. The van der Waals surface area contributed by atoms with E-state index < -0.39 is 0 Å². The zero-order chi connectivity index (χ0) is 18.6. The van der Waals surface area contributed by atoms with Crippen LogP contribution in [0.5, 0.6) is 5.75 Å². The summed E-state index contributed by atoms with van der Waals surface area (Å²) in [5.74, 6) is 2.18. The molecule has 1 fully saturated rings. The number of thiazole rings is 1. The molecule has 1 atom stereocenters. The van der Waals surface area contributed by atoms with Crippen LogP contribution in [0.1, 0.15) is 34.0 Å². The molecule has 0 radical (unpaired) electrons. The average molecular weight is 422 g/mol. The Morgan fingerprint density at radius 1 is 1.29 bits per heavy atom. The van der Waals surface area contributed by atoms with Gasteiger partial charge >= 0.3 is 0 Å². The van der Waals surface area contributed by atoms with Gasteiger partial charge in [-0.25, -0.2) is 4.98 Å². The highest BCUT2D eigenvalue weighted by molar-refractivity contribution is 7.09. The summed E-state index contributed by atoms with van der Waals surface area (Å²) in [4.78, 5) is 11.4. The van der Waals surface area contributed by atoms with E-state index in [1.165, 1.54) is 5.56 Å². The van der Waals surface area contributed by atoms with Gasteiger partial charge in [0, 0.05) is 25.0 Å². The number of ether oxygens (including phenoxy) is 1. The Bertz CT molecular complexity index is 883. The van der Waals surface area contributed by atoms with Crippen molar-refractivity contribution in [3.63, 3.8) is 0 Å². The molecule has 9 heteroatoms. The second kappa shape index (κ2) is 9.47. The van der Waals surface area contributed by atoms with Gasteiger partial charge in [0.25, 0.3) is 0 Å². The van der Waals surface area contributed by atoms with E-state index in [1.807, 2.05) is 29.6 Å². The molecule has 0 amide bonds. The number of aryl methyl sites for hydroxylation is 1. The van der Waals surface area contributed by atoms with Crippen LogP contribution in [0.15, 0.2) is 34.2 Å². The Morgan fingerprint density at radius 2 is 2.11 bits per heavy atom. The Morgan fingerprint density at radius 3 is 2.89 bits per heavy atom. The number of nitrogens with one attached hydrogen (secondary N) is 1. The van der Waals surface area contributed by atoms with E-state index in [1.54, 1.807) is 11.3 Å². The van der Waals surface area contributed by atoms with Crippen molar-refractivity contribution in [2.24, 2.45) is 0 Å². The van der Waals surface area contributed by atoms with Crippen molar-refractivity contribution in [2.75, 3.05) is 26.7 Å². The summed E-state index contributed by atoms with van der Waals surface area (Å²) in [6.45, 7) is 5.32. The van der Waals surface area contributed by atoms with Crippen LogP contribution in [0.3, 0.4) is 0 Å². The predicted octanol–water partition coefficient (Wildman–Crippen LogP) is 3.00. The number of likely N-dealkylation sites (N-methyl/N-ethyl adjacent to an activating group) is 1. The number of hydrogen-bond donors (Lipinski definition) is 1. The number of hydrogen-bond acceptors (Lipinski definition) is 8. The molecule has 0 saturated carbocycles. The minimum atomic E-state index is 0. The molecule has 1 saturated heterocycles. The van der Waals surface area contributed by atoms with Gasteiger partial charge in [0.05, 0.1) is 18.2 Å². The lowest BCUT2D eigenvalue weighted by Crippen LogP contribution is -2.44. The number of rotatable bonds is 6. The third-order valence-corrected chi connectivity index (χ3v) is 5.48. The van der Waals surface area contributed by atoms with Crippen LogP contribution in [0, 0.1) is 6.92 Å². The summed E-state index contributed by atoms with van der Waals surface area (Å²) < 4.78 is 11.2. The van der Waals surface area contributed by atoms with E-state index in [-0.39, 0.29) is 18.4 Å². The van der Waals surface area contributed by atoms with Crippen LogP contribution in [0.25, 0.3) is 0 Å². The van der Waals surface area contributed by atoms with E-state index in [2.05, 4.69) is 39.3 Å². The van der Waals surface area contributed by atoms with Crippen LogP contribution >= 0.6 is 23.7 Å². The number of benzene rings is 1. The maximum absolute atomic E-state index is 5.79. The van der Waals surface area contributed by atoms with Crippen LogP contribution in [-0.4, -0.2) is 46.7 Å². The molecule has 2 aromatic heterocycles. The predicted molar refractivity (Wildman–Crippen MR) is 110 cm³/mol. The molecular formula is C19H24ClN5O2S. The molecule has 7 nitrogen and oxygen atoms in total. The fraction of sp³-hybridized carbons (Fsp3) is 0.421. The van der Waals surface area contributed by atoms with Crippen molar-refractivity contribution in [3.8, 4) is 5.75 Å². The van der Waals surface area contributed by atoms with Gasteiger partial charge in [0.1, 0.15) is 17.4 Å². The zero-order valence-corrected chi connectivity index (χ0v) is 17.6. The molecule has 1 aromatic carbocycles. The molecule has 150 valence electrons. The lowest BCUT2D eigenvalue weighted by Gasteiger charge is -2.30. The number of nitrogens with zero attached hydrogens (tertiary/aromatic N) is 4. The smallest absolute Gasteiger partial charge is 0.232 e. The summed E-state index contributed by atoms with van der Waals surface area (Å²) in [7, 11) is 2.09. The van der Waals surface area contributed by atoms with Gasteiger partial charge in [-0.05, 0) is 26.1 Å². The normalized spacial score (nSPS) is 17.3. The van der Waals surface area contributed by atoms with E-state index in [9.17, 15) is 0 Å². The Balaban J connectivity index is 0.00000225. The highest BCUT2D eigenvalue weighted by Gasteiger charge is 2.25. The Kier molecular flexibility index (Phi) is 7.01. The van der Waals surface area contributed by atoms with Gasteiger partial charge in [-0.3, -0.25) is 4.90 Å². The van der Waals surface area contributed by atoms with Crippen molar-refractivity contribution in [1.82, 2.24) is 25.3 Å². The summed E-state index contributed by atoms with van der Waals surface area (Å²) in [6, 6.07) is 8.18. The standard InChI is InChI=1S/C19H23N5O2S.ClH/c1-13-3-5-15(6-4-13)25-11-18-21-14(12-27-18)9-17-22-19(23-26-17)16-10-20-7-8-24(16)2;/h3-6,12,16,20H,7-11H2,1-2H3;1H. The maximum Gasteiger partial charge on any atom is 0.232 e. The second-order valence-electron chi connectivity index (χ2n) is 6.76. The first-order valence-electron chi connectivity index (χ1n) is 9.03. The van der Waals surface area contributed by atoms with Crippen LogP contribution in [-0.2, 0) is 13.0 Å². The molecule has 1 N–H and O–H groups in total. The molecule has 1 unspecified atom stereocenters. The van der Waals surface area contributed by atoms with Crippen molar-refractivity contribution in [2.45, 2.75) is 26.0 Å². The third-order valence-electron chi connectivity index (χ3n) is 4.61. The van der Waals surface area contributed by atoms with Crippen molar-refractivity contribution < 1.29 is 9.26 Å². The molecular weight excluding hydrogens is 398 g/mol. The van der Waals surface area contributed by atoms with Crippen LogP contribution in [0.2, 0.25) is 0 Å². The zero-order valence-electron chi connectivity index (χ0n) is 15.9. The first kappa shape index (κ1) is 20.7. The number of aromatic nitrogens is 3. The van der Waals surface area contributed by atoms with Crippen molar-refractivity contribution in [3.05, 3.63) is 57.6 Å². The van der Waals surface area contributed by atoms with Crippen molar-refractivity contribution in [1.29, 1.82) is 0 Å². The molecule has 0 aliphatic carbocycles. The quantitative estimate of drug-likeness (QED) is 0.655. The van der Waals surface area contributed by atoms with Gasteiger partial charge in [0.2, 0.25) is 5.89 Å². The summed E-state index contributed by atoms with van der Waals surface area (Å²) >= 11 is 1.58. The lowest BCUT2D eigenvalue weighted by molar-refractivity contribution is 0.190. The molecule has 28 heavy (non-hydrogen) atoms. The van der Waals surface area contributed by atoms with Crippen LogP contribution < -0.4 is 10.1 Å². The molecule has 1 aliphatic rings. The van der Waals surface area contributed by atoms with Crippen LogP contribution in [0.4, 0.5) is 0 Å². The molecule has 3 heterocycles. The third kappa shape index (κ3) is 5.08. The Labute approximate surface area is 174 Å². The largest absolute Gasteiger partial charge is 0.486 e. The van der Waals surface area contributed by atoms with Gasteiger partial charge in [0.15, 0.2) is 5.82 Å². The average Bonchev–Trinajstić information content (AvgIpc) is 3.32. The first-order chi connectivity index (χ1) is 13.2. The van der Waals surface area contributed by atoms with E-state index in [0.29, 0.717) is 18.9 Å². The highest BCUT2D eigenvalue weighted by atomic mass is 35.5. The first-order valence-corrected chi connectivity index (χ1v) is 9.91. The summed E-state index contributed by atoms with van der Waals surface area (Å²) in [6.07, 6.45) is 0.540. The fourth-order valence-electron chi connectivity index (χ4n) is 3.00. The van der Waals surface area contributed by atoms with E-state index in [4.69, 9.17) is 9.26 Å². The van der Waals surface area contributed by atoms with Gasteiger partial charge in [-0.2, -0.15) is 4.98 Å².